The lowest BCUT2D eigenvalue weighted by Crippen LogP contribution is -2.12. The number of nitrogens with zero attached hydrogens (tertiary/aromatic N) is 1. The van der Waals surface area contributed by atoms with Crippen LogP contribution in [0.3, 0.4) is 0 Å². The molecule has 0 aliphatic carbocycles. The standard InChI is InChI=1S/C20H18N2OS/c1-15-6-5-9-19(21-15)22-20(23)17-10-12-18(13-11-17)24-14-16-7-3-2-4-8-16/h2-13H,14H2,1H3,(H,21,22,23). The quantitative estimate of drug-likeness (QED) is 0.672. The highest BCUT2D eigenvalue weighted by molar-refractivity contribution is 7.98. The molecular formula is C20H18N2OS. The van der Waals surface area contributed by atoms with Gasteiger partial charge in [0.15, 0.2) is 0 Å². The van der Waals surface area contributed by atoms with Crippen LogP contribution in [-0.2, 0) is 5.75 Å². The molecule has 3 rings (SSSR count). The number of benzene rings is 2. The van der Waals surface area contributed by atoms with E-state index in [1.54, 1.807) is 17.8 Å². The fourth-order valence-corrected chi connectivity index (χ4v) is 3.10. The third-order valence-corrected chi connectivity index (χ3v) is 4.58. The Labute approximate surface area is 146 Å². The monoisotopic (exact) mass is 334 g/mol. The van der Waals surface area contributed by atoms with Crippen molar-refractivity contribution in [3.8, 4) is 0 Å². The van der Waals surface area contributed by atoms with Crippen molar-refractivity contribution in [1.82, 2.24) is 4.98 Å². The summed E-state index contributed by atoms with van der Waals surface area (Å²) >= 11 is 1.76. The molecule has 0 atom stereocenters. The first-order valence-electron chi connectivity index (χ1n) is 7.72. The molecule has 120 valence electrons. The second-order valence-corrected chi connectivity index (χ2v) is 6.47. The topological polar surface area (TPSA) is 42.0 Å². The number of aromatic nitrogens is 1. The zero-order chi connectivity index (χ0) is 16.8. The number of carbonyl (C=O) groups excluding carboxylic acids is 1. The van der Waals surface area contributed by atoms with Crippen LogP contribution in [0, 0.1) is 6.92 Å². The van der Waals surface area contributed by atoms with Crippen LogP contribution in [-0.4, -0.2) is 10.9 Å². The third kappa shape index (κ3) is 4.46. The van der Waals surface area contributed by atoms with Crippen LogP contribution in [0.1, 0.15) is 21.6 Å². The van der Waals surface area contributed by atoms with Gasteiger partial charge in [-0.3, -0.25) is 4.79 Å². The zero-order valence-electron chi connectivity index (χ0n) is 13.4. The summed E-state index contributed by atoms with van der Waals surface area (Å²) in [5.74, 6) is 1.34. The lowest BCUT2D eigenvalue weighted by Gasteiger charge is -2.06. The van der Waals surface area contributed by atoms with E-state index in [1.807, 2.05) is 61.5 Å². The van der Waals surface area contributed by atoms with Gasteiger partial charge in [0, 0.05) is 21.9 Å². The minimum atomic E-state index is -0.146. The van der Waals surface area contributed by atoms with E-state index in [0.717, 1.165) is 16.3 Å². The molecule has 0 bridgehead atoms. The molecule has 4 heteroatoms. The van der Waals surface area contributed by atoms with Gasteiger partial charge in [0.25, 0.3) is 5.91 Å². The number of hydrogen-bond acceptors (Lipinski definition) is 3. The molecule has 0 aliphatic rings. The summed E-state index contributed by atoms with van der Waals surface area (Å²) in [6.07, 6.45) is 0. The Hall–Kier alpha value is -2.59. The Morgan fingerprint density at radius 1 is 0.958 bits per heavy atom. The van der Waals surface area contributed by atoms with E-state index in [1.165, 1.54) is 5.56 Å². The summed E-state index contributed by atoms with van der Waals surface area (Å²) in [7, 11) is 0. The predicted octanol–water partition coefficient (Wildman–Crippen LogP) is 4.93. The van der Waals surface area contributed by atoms with E-state index in [4.69, 9.17) is 0 Å². The van der Waals surface area contributed by atoms with Crippen molar-refractivity contribution in [3.05, 3.63) is 89.6 Å². The second-order valence-electron chi connectivity index (χ2n) is 5.42. The SMILES string of the molecule is Cc1cccc(NC(=O)c2ccc(SCc3ccccc3)cc2)n1. The van der Waals surface area contributed by atoms with E-state index in [9.17, 15) is 4.79 Å². The predicted molar refractivity (Wildman–Crippen MR) is 99.4 cm³/mol. The molecule has 0 unspecified atom stereocenters. The number of thioether (sulfide) groups is 1. The number of carbonyl (C=O) groups is 1. The summed E-state index contributed by atoms with van der Waals surface area (Å²) in [4.78, 5) is 17.7. The van der Waals surface area contributed by atoms with E-state index >= 15 is 0 Å². The lowest BCUT2D eigenvalue weighted by atomic mass is 10.2. The van der Waals surface area contributed by atoms with E-state index in [-0.39, 0.29) is 5.91 Å². The minimum absolute atomic E-state index is 0.146. The summed E-state index contributed by atoms with van der Waals surface area (Å²) in [6, 6.07) is 23.5. The summed E-state index contributed by atoms with van der Waals surface area (Å²) < 4.78 is 0. The number of rotatable bonds is 5. The van der Waals surface area contributed by atoms with Gasteiger partial charge in [0.05, 0.1) is 0 Å². The van der Waals surface area contributed by atoms with Gasteiger partial charge >= 0.3 is 0 Å². The molecule has 0 spiro atoms. The molecule has 0 saturated heterocycles. The van der Waals surface area contributed by atoms with Gasteiger partial charge in [0.2, 0.25) is 0 Å². The van der Waals surface area contributed by atoms with Gasteiger partial charge < -0.3 is 5.32 Å². The average Bonchev–Trinajstić information content (AvgIpc) is 2.61. The van der Waals surface area contributed by atoms with Crippen LogP contribution >= 0.6 is 11.8 Å². The smallest absolute Gasteiger partial charge is 0.256 e. The molecular weight excluding hydrogens is 316 g/mol. The molecule has 3 aromatic rings. The molecule has 0 radical (unpaired) electrons. The first-order valence-corrected chi connectivity index (χ1v) is 8.71. The Morgan fingerprint density at radius 3 is 2.42 bits per heavy atom. The number of nitrogens with one attached hydrogen (secondary N) is 1. The van der Waals surface area contributed by atoms with Gasteiger partial charge in [-0.25, -0.2) is 4.98 Å². The molecule has 0 saturated carbocycles. The molecule has 1 amide bonds. The molecule has 3 nitrogen and oxygen atoms in total. The van der Waals surface area contributed by atoms with Gasteiger partial charge in [-0.15, -0.1) is 11.8 Å². The maximum atomic E-state index is 12.3. The van der Waals surface area contributed by atoms with E-state index in [2.05, 4.69) is 22.4 Å². The van der Waals surface area contributed by atoms with Gasteiger partial charge in [-0.1, -0.05) is 36.4 Å². The van der Waals surface area contributed by atoms with E-state index in [0.29, 0.717) is 11.4 Å². The second kappa shape index (κ2) is 7.79. The molecule has 0 aliphatic heterocycles. The van der Waals surface area contributed by atoms with Gasteiger partial charge in [-0.05, 0) is 48.9 Å². The fourth-order valence-electron chi connectivity index (χ4n) is 2.24. The van der Waals surface area contributed by atoms with Crippen molar-refractivity contribution >= 4 is 23.5 Å². The summed E-state index contributed by atoms with van der Waals surface area (Å²) in [6.45, 7) is 1.90. The Bertz CT molecular complexity index is 817. The van der Waals surface area contributed by atoms with Crippen LogP contribution in [0.15, 0.2) is 77.7 Å². The van der Waals surface area contributed by atoms with Crippen LogP contribution in [0.25, 0.3) is 0 Å². The van der Waals surface area contributed by atoms with Crippen molar-refractivity contribution in [2.45, 2.75) is 17.6 Å². The van der Waals surface area contributed by atoms with Crippen LogP contribution in [0.5, 0.6) is 0 Å². The molecule has 2 aromatic carbocycles. The lowest BCUT2D eigenvalue weighted by molar-refractivity contribution is 0.102. The highest BCUT2D eigenvalue weighted by Gasteiger charge is 2.07. The van der Waals surface area contributed by atoms with Crippen molar-refractivity contribution in [2.75, 3.05) is 5.32 Å². The molecule has 1 N–H and O–H groups in total. The summed E-state index contributed by atoms with van der Waals surface area (Å²) in [5.41, 5.74) is 2.79. The first-order chi connectivity index (χ1) is 11.7. The van der Waals surface area contributed by atoms with Crippen molar-refractivity contribution < 1.29 is 4.79 Å². The number of aryl methyl sites for hydroxylation is 1. The molecule has 1 aromatic heterocycles. The summed E-state index contributed by atoms with van der Waals surface area (Å²) in [5, 5.41) is 2.82. The zero-order valence-corrected chi connectivity index (χ0v) is 14.2. The number of hydrogen-bond donors (Lipinski definition) is 1. The van der Waals surface area contributed by atoms with Crippen molar-refractivity contribution in [2.24, 2.45) is 0 Å². The van der Waals surface area contributed by atoms with Crippen LogP contribution in [0.2, 0.25) is 0 Å². The van der Waals surface area contributed by atoms with Gasteiger partial charge in [0.1, 0.15) is 5.82 Å². The maximum Gasteiger partial charge on any atom is 0.256 e. The van der Waals surface area contributed by atoms with E-state index < -0.39 is 0 Å². The number of amides is 1. The maximum absolute atomic E-state index is 12.3. The number of anilines is 1. The average molecular weight is 334 g/mol. The first kappa shape index (κ1) is 16.3. The molecule has 1 heterocycles. The Kier molecular flexibility index (Phi) is 5.29. The van der Waals surface area contributed by atoms with Gasteiger partial charge in [-0.2, -0.15) is 0 Å². The molecule has 24 heavy (non-hydrogen) atoms. The van der Waals surface area contributed by atoms with Crippen LogP contribution < -0.4 is 5.32 Å². The van der Waals surface area contributed by atoms with Crippen molar-refractivity contribution in [3.63, 3.8) is 0 Å². The Balaban J connectivity index is 1.60. The normalized spacial score (nSPS) is 10.4. The molecule has 0 fully saturated rings. The van der Waals surface area contributed by atoms with Crippen LogP contribution in [0.4, 0.5) is 5.82 Å². The Morgan fingerprint density at radius 2 is 1.71 bits per heavy atom. The number of pyridine rings is 1. The highest BCUT2D eigenvalue weighted by Crippen LogP contribution is 2.23. The largest absolute Gasteiger partial charge is 0.307 e. The highest BCUT2D eigenvalue weighted by atomic mass is 32.2. The van der Waals surface area contributed by atoms with Crippen molar-refractivity contribution in [1.29, 1.82) is 0 Å². The third-order valence-electron chi connectivity index (χ3n) is 3.49. The minimum Gasteiger partial charge on any atom is -0.307 e. The fraction of sp³-hybridized carbons (Fsp3) is 0.100.